The van der Waals surface area contributed by atoms with Crippen molar-refractivity contribution < 1.29 is 27.9 Å². The fourth-order valence-electron chi connectivity index (χ4n) is 5.72. The molecule has 0 saturated carbocycles. The number of methoxy groups -OCH3 is 1. The minimum absolute atomic E-state index is 0.0626. The summed E-state index contributed by atoms with van der Waals surface area (Å²) in [6, 6.07) is 20.4. The van der Waals surface area contributed by atoms with Crippen LogP contribution in [0.15, 0.2) is 83.9 Å². The maximum Gasteiger partial charge on any atom is 0.243 e. The predicted molar refractivity (Wildman–Crippen MR) is 188 cm³/mol. The van der Waals surface area contributed by atoms with E-state index >= 15 is 0 Å². The topological polar surface area (TPSA) is 141 Å². The van der Waals surface area contributed by atoms with Gasteiger partial charge >= 0.3 is 0 Å². The summed E-state index contributed by atoms with van der Waals surface area (Å²) in [7, 11) is -2.23. The van der Waals surface area contributed by atoms with Crippen LogP contribution in [0.25, 0.3) is 10.9 Å². The quantitative estimate of drug-likeness (QED) is 0.112. The molecule has 0 bridgehead atoms. The van der Waals surface area contributed by atoms with Gasteiger partial charge in [-0.1, -0.05) is 68.3 Å². The fraction of sp³-hybridized carbons (Fsp3) is 0.405. The summed E-state index contributed by atoms with van der Waals surface area (Å²) in [5, 5.41) is 17.2. The van der Waals surface area contributed by atoms with Gasteiger partial charge in [0.1, 0.15) is 11.8 Å². The van der Waals surface area contributed by atoms with Gasteiger partial charge in [-0.3, -0.25) is 9.59 Å². The number of carbonyl (C=O) groups excluding carboxylic acids is 2. The number of aliphatic hydroxyl groups excluding tert-OH is 1. The number of nitrogens with one attached hydrogen (secondary N) is 3. The van der Waals surface area contributed by atoms with Crippen LogP contribution in [-0.4, -0.2) is 73.5 Å². The molecule has 1 heterocycles. The number of benzene rings is 3. The molecule has 11 heteroatoms. The largest absolute Gasteiger partial charge is 0.497 e. The SMILES string of the molecule is COc1ccc(CC(=O)N[C@@H](Cc2c[nH]c3ccccc23)C(=O)NCCCC[C@@H](CO)N(CC(C)C)S(=O)(=O)c2ccc(C)cc2)cc1. The summed E-state index contributed by atoms with van der Waals surface area (Å²) in [6.45, 7) is 6.11. The van der Waals surface area contributed by atoms with Crippen LogP contribution >= 0.6 is 0 Å². The van der Waals surface area contributed by atoms with E-state index in [1.54, 1.807) is 43.5 Å². The lowest BCUT2D eigenvalue weighted by Crippen LogP contribution is -2.48. The zero-order valence-electron chi connectivity index (χ0n) is 28.2. The van der Waals surface area contributed by atoms with Crippen molar-refractivity contribution in [3.8, 4) is 5.75 Å². The number of ether oxygens (including phenoxy) is 1. The number of sulfonamides is 1. The van der Waals surface area contributed by atoms with Crippen LogP contribution in [0.5, 0.6) is 5.75 Å². The Morgan fingerprint density at radius 3 is 2.35 bits per heavy atom. The number of fused-ring (bicyclic) bond motifs is 1. The lowest BCUT2D eigenvalue weighted by atomic mass is 10.0. The summed E-state index contributed by atoms with van der Waals surface area (Å²) >= 11 is 0. The Morgan fingerprint density at radius 2 is 1.69 bits per heavy atom. The molecule has 258 valence electrons. The van der Waals surface area contributed by atoms with Gasteiger partial charge in [0.2, 0.25) is 21.8 Å². The van der Waals surface area contributed by atoms with E-state index in [4.69, 9.17) is 4.74 Å². The third kappa shape index (κ3) is 9.91. The van der Waals surface area contributed by atoms with Crippen LogP contribution in [0.3, 0.4) is 0 Å². The molecule has 0 fully saturated rings. The molecule has 4 rings (SSSR count). The molecule has 3 aromatic carbocycles. The highest BCUT2D eigenvalue weighted by Gasteiger charge is 2.31. The number of aromatic nitrogens is 1. The summed E-state index contributed by atoms with van der Waals surface area (Å²) in [5.74, 6) is 0.186. The molecule has 0 aliphatic carbocycles. The first-order valence-corrected chi connectivity index (χ1v) is 17.9. The average molecular weight is 677 g/mol. The van der Waals surface area contributed by atoms with E-state index in [-0.39, 0.29) is 42.2 Å². The van der Waals surface area contributed by atoms with E-state index < -0.39 is 22.1 Å². The van der Waals surface area contributed by atoms with Crippen molar-refractivity contribution in [2.75, 3.05) is 26.8 Å². The number of H-pyrrole nitrogens is 1. The second-order valence-electron chi connectivity index (χ2n) is 12.6. The molecular weight excluding hydrogens is 628 g/mol. The van der Waals surface area contributed by atoms with Crippen molar-refractivity contribution in [3.05, 3.63) is 95.7 Å². The number of unbranched alkanes of at least 4 members (excludes halogenated alkanes) is 1. The molecule has 1 aromatic heterocycles. The minimum atomic E-state index is -3.82. The van der Waals surface area contributed by atoms with Crippen LogP contribution in [0.1, 0.15) is 49.8 Å². The van der Waals surface area contributed by atoms with E-state index in [2.05, 4.69) is 15.6 Å². The molecule has 48 heavy (non-hydrogen) atoms. The number of nitrogens with zero attached hydrogens (tertiary/aromatic N) is 1. The Hall–Kier alpha value is -4.19. The zero-order chi connectivity index (χ0) is 34.7. The zero-order valence-corrected chi connectivity index (χ0v) is 29.1. The first kappa shape index (κ1) is 36.6. The summed E-state index contributed by atoms with van der Waals surface area (Å²) in [6.07, 6.45) is 3.87. The van der Waals surface area contributed by atoms with Gasteiger partial charge in [-0.05, 0) is 67.1 Å². The van der Waals surface area contributed by atoms with Gasteiger partial charge in [0.05, 0.1) is 25.0 Å². The van der Waals surface area contributed by atoms with Gasteiger partial charge in [0, 0.05) is 42.7 Å². The molecule has 2 amide bonds. The molecule has 2 atom stereocenters. The molecule has 0 saturated heterocycles. The third-order valence-corrected chi connectivity index (χ3v) is 10.3. The lowest BCUT2D eigenvalue weighted by molar-refractivity contribution is -0.128. The maximum atomic E-state index is 13.6. The summed E-state index contributed by atoms with van der Waals surface area (Å²) in [5.41, 5.74) is 3.63. The number of aryl methyl sites for hydroxylation is 1. The van der Waals surface area contributed by atoms with E-state index in [0.717, 1.165) is 27.6 Å². The molecule has 4 aromatic rings. The van der Waals surface area contributed by atoms with Gasteiger partial charge in [-0.2, -0.15) is 4.31 Å². The highest BCUT2D eigenvalue weighted by molar-refractivity contribution is 7.89. The molecule has 0 spiro atoms. The Morgan fingerprint density at radius 1 is 0.979 bits per heavy atom. The molecule has 0 radical (unpaired) electrons. The van der Waals surface area contributed by atoms with Crippen LogP contribution < -0.4 is 15.4 Å². The minimum Gasteiger partial charge on any atom is -0.497 e. The van der Waals surface area contributed by atoms with Crippen molar-refractivity contribution in [2.45, 2.75) is 69.9 Å². The lowest BCUT2D eigenvalue weighted by Gasteiger charge is -2.31. The summed E-state index contributed by atoms with van der Waals surface area (Å²) < 4.78 is 33.8. The molecule has 0 aliphatic heterocycles. The Bertz CT molecular complexity index is 1740. The first-order valence-electron chi connectivity index (χ1n) is 16.5. The standard InChI is InChI=1S/C37H48N4O6S/c1-26(2)24-41(48(45,46)32-18-12-27(3)13-19-32)30(25-42)9-7-8-20-38-37(44)35(22-29-23-39-34-11-6-5-10-33(29)34)40-36(43)21-28-14-16-31(47-4)17-15-28/h5-6,10-19,23,26,30,35,39,42H,7-9,20-22,24-25H2,1-4H3,(H,38,44)(H,40,43)/t30-,35-/m0/s1. The van der Waals surface area contributed by atoms with Crippen LogP contribution in [0.2, 0.25) is 0 Å². The summed E-state index contributed by atoms with van der Waals surface area (Å²) in [4.78, 5) is 30.0. The molecular formula is C37H48N4O6S. The van der Waals surface area contributed by atoms with Crippen LogP contribution in [-0.2, 0) is 32.5 Å². The predicted octanol–water partition coefficient (Wildman–Crippen LogP) is 4.75. The first-order chi connectivity index (χ1) is 23.0. The van der Waals surface area contributed by atoms with Crippen LogP contribution in [0.4, 0.5) is 0 Å². The number of carbonyl (C=O) groups is 2. The number of aliphatic hydroxyl groups is 1. The number of amides is 2. The van der Waals surface area contributed by atoms with Gasteiger partial charge in [0.15, 0.2) is 0 Å². The monoisotopic (exact) mass is 676 g/mol. The number of hydrogen-bond donors (Lipinski definition) is 4. The van der Waals surface area contributed by atoms with E-state index in [1.165, 1.54) is 4.31 Å². The number of rotatable bonds is 18. The van der Waals surface area contributed by atoms with E-state index in [1.807, 2.05) is 63.4 Å². The van der Waals surface area contributed by atoms with Crippen molar-refractivity contribution in [1.29, 1.82) is 0 Å². The maximum absolute atomic E-state index is 13.6. The smallest absolute Gasteiger partial charge is 0.243 e. The Kier molecular flexibility index (Phi) is 13.2. The second-order valence-corrected chi connectivity index (χ2v) is 14.5. The molecule has 4 N–H and O–H groups in total. The van der Waals surface area contributed by atoms with Crippen molar-refractivity contribution in [2.24, 2.45) is 5.92 Å². The molecule has 0 unspecified atom stereocenters. The highest BCUT2D eigenvalue weighted by Crippen LogP contribution is 2.23. The third-order valence-electron chi connectivity index (χ3n) is 8.33. The van der Waals surface area contributed by atoms with Crippen LogP contribution in [0, 0.1) is 12.8 Å². The number of para-hydroxylation sites is 1. The van der Waals surface area contributed by atoms with Crippen molar-refractivity contribution in [1.82, 2.24) is 19.9 Å². The number of hydrogen-bond acceptors (Lipinski definition) is 6. The highest BCUT2D eigenvalue weighted by atomic mass is 32.2. The number of aromatic amines is 1. The molecule has 0 aliphatic rings. The van der Waals surface area contributed by atoms with Crippen molar-refractivity contribution >= 4 is 32.7 Å². The van der Waals surface area contributed by atoms with E-state index in [0.29, 0.717) is 38.0 Å². The second kappa shape index (κ2) is 17.3. The van der Waals surface area contributed by atoms with Gasteiger partial charge < -0.3 is 25.5 Å². The van der Waals surface area contributed by atoms with Gasteiger partial charge in [0.25, 0.3) is 0 Å². The average Bonchev–Trinajstić information content (AvgIpc) is 3.48. The van der Waals surface area contributed by atoms with Gasteiger partial charge in [-0.25, -0.2) is 8.42 Å². The Labute approximate surface area is 283 Å². The van der Waals surface area contributed by atoms with Gasteiger partial charge in [-0.15, -0.1) is 0 Å². The van der Waals surface area contributed by atoms with E-state index in [9.17, 15) is 23.1 Å². The van der Waals surface area contributed by atoms with Crippen molar-refractivity contribution in [3.63, 3.8) is 0 Å². The Balaban J connectivity index is 1.38. The normalized spacial score (nSPS) is 13.1. The molecule has 10 nitrogen and oxygen atoms in total. The fourth-order valence-corrected chi connectivity index (χ4v) is 7.53.